The lowest BCUT2D eigenvalue weighted by Crippen LogP contribution is -1.95. The van der Waals surface area contributed by atoms with Gasteiger partial charge in [0.25, 0.3) is 0 Å². The molecule has 0 aliphatic carbocycles. The van der Waals surface area contributed by atoms with Crippen LogP contribution in [0.5, 0.6) is 5.75 Å². The first-order chi connectivity index (χ1) is 7.65. The third-order valence-corrected chi connectivity index (χ3v) is 2.70. The van der Waals surface area contributed by atoms with Gasteiger partial charge in [-0.25, -0.2) is 4.39 Å². The van der Waals surface area contributed by atoms with Crippen LogP contribution in [0, 0.1) is 12.7 Å². The summed E-state index contributed by atoms with van der Waals surface area (Å²) < 4.78 is 18.4. The van der Waals surface area contributed by atoms with E-state index in [4.69, 9.17) is 10.5 Å². The molecule has 84 valence electrons. The van der Waals surface area contributed by atoms with Crippen LogP contribution in [-0.4, -0.2) is 10.2 Å². The summed E-state index contributed by atoms with van der Waals surface area (Å²) in [5, 5.41) is 8.59. The number of ether oxygens (including phenoxy) is 1. The lowest BCUT2D eigenvalue weighted by molar-refractivity contribution is 0.304. The number of hydrogen-bond donors (Lipinski definition) is 1. The number of aromatic nitrogens is 2. The molecule has 0 unspecified atom stereocenters. The fraction of sp³-hybridized carbons (Fsp3) is 0.200. The molecular formula is C10H10FN3OS. The van der Waals surface area contributed by atoms with Gasteiger partial charge >= 0.3 is 0 Å². The second-order valence-electron chi connectivity index (χ2n) is 3.23. The van der Waals surface area contributed by atoms with E-state index in [0.29, 0.717) is 28.1 Å². The van der Waals surface area contributed by atoms with Gasteiger partial charge in [-0.1, -0.05) is 11.3 Å². The van der Waals surface area contributed by atoms with Crippen LogP contribution in [-0.2, 0) is 6.61 Å². The minimum atomic E-state index is -0.243. The van der Waals surface area contributed by atoms with E-state index in [1.807, 2.05) is 0 Å². The monoisotopic (exact) mass is 239 g/mol. The molecule has 1 aromatic heterocycles. The third kappa shape index (κ3) is 2.46. The number of halogens is 1. The van der Waals surface area contributed by atoms with Crippen LogP contribution in [0.15, 0.2) is 18.2 Å². The number of nitrogens with two attached hydrogens (primary N) is 1. The Labute approximate surface area is 95.9 Å². The Hall–Kier alpha value is -1.69. The number of rotatable bonds is 3. The van der Waals surface area contributed by atoms with E-state index in [1.165, 1.54) is 17.4 Å². The van der Waals surface area contributed by atoms with E-state index in [2.05, 4.69) is 10.2 Å². The van der Waals surface area contributed by atoms with Crippen LogP contribution < -0.4 is 10.5 Å². The van der Waals surface area contributed by atoms with Gasteiger partial charge in [-0.3, -0.25) is 0 Å². The number of nitrogen functional groups attached to an aromatic ring is 1. The SMILES string of the molecule is Cc1cc(OCc2nnc(N)s2)ccc1F. The average molecular weight is 239 g/mol. The minimum Gasteiger partial charge on any atom is -0.486 e. The van der Waals surface area contributed by atoms with E-state index in [0.717, 1.165) is 0 Å². The maximum Gasteiger partial charge on any atom is 0.203 e. The maximum absolute atomic E-state index is 13.0. The fourth-order valence-electron chi connectivity index (χ4n) is 1.18. The van der Waals surface area contributed by atoms with Crippen molar-refractivity contribution in [1.29, 1.82) is 0 Å². The summed E-state index contributed by atoms with van der Waals surface area (Å²) in [6.07, 6.45) is 0. The van der Waals surface area contributed by atoms with E-state index < -0.39 is 0 Å². The normalized spacial score (nSPS) is 10.4. The highest BCUT2D eigenvalue weighted by atomic mass is 32.1. The molecule has 16 heavy (non-hydrogen) atoms. The average Bonchev–Trinajstić information content (AvgIpc) is 2.66. The molecule has 2 rings (SSSR count). The zero-order valence-electron chi connectivity index (χ0n) is 8.61. The van der Waals surface area contributed by atoms with Gasteiger partial charge in [0.05, 0.1) is 0 Å². The van der Waals surface area contributed by atoms with E-state index >= 15 is 0 Å². The first-order valence-electron chi connectivity index (χ1n) is 4.62. The van der Waals surface area contributed by atoms with Crippen molar-refractivity contribution < 1.29 is 9.13 Å². The quantitative estimate of drug-likeness (QED) is 0.891. The highest BCUT2D eigenvalue weighted by molar-refractivity contribution is 7.15. The van der Waals surface area contributed by atoms with Crippen molar-refractivity contribution in [3.05, 3.63) is 34.6 Å². The van der Waals surface area contributed by atoms with Crippen molar-refractivity contribution in [2.45, 2.75) is 13.5 Å². The minimum absolute atomic E-state index is 0.243. The van der Waals surface area contributed by atoms with Crippen molar-refractivity contribution in [3.8, 4) is 5.75 Å². The molecule has 0 aliphatic heterocycles. The standard InChI is InChI=1S/C10H10FN3OS/c1-6-4-7(2-3-8(6)11)15-5-9-13-14-10(12)16-9/h2-4H,5H2,1H3,(H2,12,14). The second kappa shape index (κ2) is 4.44. The molecule has 0 amide bonds. The van der Waals surface area contributed by atoms with Gasteiger partial charge in [-0.2, -0.15) is 0 Å². The zero-order chi connectivity index (χ0) is 11.5. The highest BCUT2D eigenvalue weighted by Crippen LogP contribution is 2.18. The molecule has 1 aromatic carbocycles. The summed E-state index contributed by atoms with van der Waals surface area (Å²) in [7, 11) is 0. The number of nitrogens with zero attached hydrogens (tertiary/aromatic N) is 2. The number of hydrogen-bond acceptors (Lipinski definition) is 5. The molecule has 0 bridgehead atoms. The van der Waals surface area contributed by atoms with Gasteiger partial charge in [0.15, 0.2) is 5.01 Å². The van der Waals surface area contributed by atoms with Crippen molar-refractivity contribution >= 4 is 16.5 Å². The summed E-state index contributed by atoms with van der Waals surface area (Å²) in [6, 6.07) is 4.59. The topological polar surface area (TPSA) is 61.0 Å². The lowest BCUT2D eigenvalue weighted by Gasteiger charge is -2.04. The molecule has 0 radical (unpaired) electrons. The molecule has 0 saturated carbocycles. The molecule has 4 nitrogen and oxygen atoms in total. The zero-order valence-corrected chi connectivity index (χ0v) is 9.42. The summed E-state index contributed by atoms with van der Waals surface area (Å²) in [5.41, 5.74) is 5.98. The van der Waals surface area contributed by atoms with Crippen LogP contribution in [0.1, 0.15) is 10.6 Å². The molecular weight excluding hydrogens is 229 g/mol. The molecule has 0 aliphatic rings. The molecule has 6 heteroatoms. The first-order valence-corrected chi connectivity index (χ1v) is 5.43. The van der Waals surface area contributed by atoms with Crippen LogP contribution in [0.3, 0.4) is 0 Å². The number of anilines is 1. The van der Waals surface area contributed by atoms with Gasteiger partial charge in [-0.05, 0) is 30.7 Å². The lowest BCUT2D eigenvalue weighted by atomic mass is 10.2. The summed E-state index contributed by atoms with van der Waals surface area (Å²) in [4.78, 5) is 0. The first kappa shape index (κ1) is 10.8. The van der Waals surface area contributed by atoms with Crippen molar-refractivity contribution in [2.24, 2.45) is 0 Å². The number of aryl methyl sites for hydroxylation is 1. The van der Waals surface area contributed by atoms with Crippen LogP contribution >= 0.6 is 11.3 Å². The Kier molecular flexibility index (Phi) is 3.00. The Morgan fingerprint density at radius 3 is 2.88 bits per heavy atom. The molecule has 0 fully saturated rings. The van der Waals surface area contributed by atoms with E-state index in [9.17, 15) is 4.39 Å². The molecule has 2 aromatic rings. The third-order valence-electron chi connectivity index (χ3n) is 1.97. The van der Waals surface area contributed by atoms with Gasteiger partial charge in [0.2, 0.25) is 5.13 Å². The molecule has 0 atom stereocenters. The fourth-order valence-corrected chi connectivity index (χ4v) is 1.70. The highest BCUT2D eigenvalue weighted by Gasteiger charge is 2.03. The van der Waals surface area contributed by atoms with E-state index in [-0.39, 0.29) is 5.82 Å². The van der Waals surface area contributed by atoms with Gasteiger partial charge in [-0.15, -0.1) is 10.2 Å². The Morgan fingerprint density at radius 1 is 1.44 bits per heavy atom. The maximum atomic E-state index is 13.0. The van der Waals surface area contributed by atoms with Crippen molar-refractivity contribution in [2.75, 3.05) is 5.73 Å². The summed E-state index contributed by atoms with van der Waals surface area (Å²) >= 11 is 1.27. The van der Waals surface area contributed by atoms with Crippen molar-refractivity contribution in [3.63, 3.8) is 0 Å². The van der Waals surface area contributed by atoms with E-state index in [1.54, 1.807) is 19.1 Å². The predicted molar refractivity (Wildman–Crippen MR) is 59.8 cm³/mol. The number of benzene rings is 1. The predicted octanol–water partition coefficient (Wildman–Crippen LogP) is 2.15. The second-order valence-corrected chi connectivity index (χ2v) is 4.33. The Morgan fingerprint density at radius 2 is 2.25 bits per heavy atom. The Balaban J connectivity index is 2.02. The van der Waals surface area contributed by atoms with Gasteiger partial charge < -0.3 is 10.5 Å². The largest absolute Gasteiger partial charge is 0.486 e. The van der Waals surface area contributed by atoms with Gasteiger partial charge in [0, 0.05) is 0 Å². The molecule has 2 N–H and O–H groups in total. The van der Waals surface area contributed by atoms with Crippen LogP contribution in [0.4, 0.5) is 9.52 Å². The smallest absolute Gasteiger partial charge is 0.203 e. The van der Waals surface area contributed by atoms with Gasteiger partial charge in [0.1, 0.15) is 18.2 Å². The Bertz CT molecular complexity index is 501. The molecule has 0 spiro atoms. The molecule has 1 heterocycles. The summed E-state index contributed by atoms with van der Waals surface area (Å²) in [6.45, 7) is 1.98. The van der Waals surface area contributed by atoms with Crippen molar-refractivity contribution in [1.82, 2.24) is 10.2 Å². The summed E-state index contributed by atoms with van der Waals surface area (Å²) in [5.74, 6) is 0.361. The van der Waals surface area contributed by atoms with Crippen LogP contribution in [0.25, 0.3) is 0 Å². The molecule has 0 saturated heterocycles. The van der Waals surface area contributed by atoms with Crippen LogP contribution in [0.2, 0.25) is 0 Å².